The van der Waals surface area contributed by atoms with Gasteiger partial charge in [0.15, 0.2) is 0 Å². The molecule has 0 aliphatic heterocycles. The van der Waals surface area contributed by atoms with Crippen LogP contribution in [0.1, 0.15) is 35.5 Å². The number of nitrogens with one attached hydrogen (secondary N) is 1. The Balaban J connectivity index is 2.30. The average Bonchev–Trinajstić information content (AvgIpc) is 2.66. The molecule has 1 atom stereocenters. The molecule has 0 aliphatic rings. The fourth-order valence-electron chi connectivity index (χ4n) is 2.41. The van der Waals surface area contributed by atoms with Gasteiger partial charge in [0.2, 0.25) is 0 Å². The Hall–Kier alpha value is -1.68. The van der Waals surface area contributed by atoms with Crippen LogP contribution in [-0.4, -0.2) is 16.3 Å². The lowest BCUT2D eigenvalue weighted by atomic mass is 10.1. The number of aromatic nitrogens is 2. The van der Waals surface area contributed by atoms with Crippen molar-refractivity contribution in [1.82, 2.24) is 15.1 Å². The third-order valence-corrected chi connectivity index (χ3v) is 3.83. The van der Waals surface area contributed by atoms with Crippen LogP contribution in [0, 0.1) is 26.6 Å². The lowest BCUT2D eigenvalue weighted by Gasteiger charge is -2.20. The molecule has 2 rings (SSSR count). The SMILES string of the molecule is CCNC(Cn1nc(C)c(C)c1C)c1ccccc1F. The van der Waals surface area contributed by atoms with Crippen LogP contribution in [0.5, 0.6) is 0 Å². The van der Waals surface area contributed by atoms with E-state index >= 15 is 0 Å². The van der Waals surface area contributed by atoms with Gasteiger partial charge in [-0.3, -0.25) is 4.68 Å². The van der Waals surface area contributed by atoms with Crippen LogP contribution in [0.15, 0.2) is 24.3 Å². The van der Waals surface area contributed by atoms with Crippen LogP contribution in [0.4, 0.5) is 4.39 Å². The number of hydrogen-bond acceptors (Lipinski definition) is 2. The van der Waals surface area contributed by atoms with Crippen molar-refractivity contribution >= 4 is 0 Å². The summed E-state index contributed by atoms with van der Waals surface area (Å²) in [5, 5.41) is 7.88. The summed E-state index contributed by atoms with van der Waals surface area (Å²) >= 11 is 0. The Morgan fingerprint density at radius 2 is 1.95 bits per heavy atom. The summed E-state index contributed by atoms with van der Waals surface area (Å²) in [6, 6.07) is 6.86. The normalized spacial score (nSPS) is 12.7. The molecule has 1 heterocycles. The zero-order chi connectivity index (χ0) is 14.7. The van der Waals surface area contributed by atoms with Gasteiger partial charge in [0.05, 0.1) is 18.3 Å². The van der Waals surface area contributed by atoms with Crippen molar-refractivity contribution in [2.24, 2.45) is 0 Å². The summed E-state index contributed by atoms with van der Waals surface area (Å²) in [5.41, 5.74) is 4.07. The minimum Gasteiger partial charge on any atom is -0.309 e. The van der Waals surface area contributed by atoms with Crippen molar-refractivity contribution in [3.63, 3.8) is 0 Å². The third kappa shape index (κ3) is 2.90. The molecule has 3 nitrogen and oxygen atoms in total. The second-order valence-corrected chi connectivity index (χ2v) is 5.11. The van der Waals surface area contributed by atoms with E-state index in [2.05, 4.69) is 24.3 Å². The summed E-state index contributed by atoms with van der Waals surface area (Å²) in [4.78, 5) is 0. The molecule has 4 heteroatoms. The summed E-state index contributed by atoms with van der Waals surface area (Å²) in [5.74, 6) is -0.170. The molecule has 0 spiro atoms. The fourth-order valence-corrected chi connectivity index (χ4v) is 2.41. The molecule has 1 aromatic heterocycles. The Morgan fingerprint density at radius 1 is 1.25 bits per heavy atom. The average molecular weight is 275 g/mol. The van der Waals surface area contributed by atoms with Gasteiger partial charge in [-0.1, -0.05) is 25.1 Å². The number of likely N-dealkylation sites (N-methyl/N-ethyl adjacent to an activating group) is 1. The number of halogens is 1. The highest BCUT2D eigenvalue weighted by molar-refractivity contribution is 5.24. The van der Waals surface area contributed by atoms with E-state index in [4.69, 9.17) is 0 Å². The van der Waals surface area contributed by atoms with Crippen LogP contribution >= 0.6 is 0 Å². The molecule has 0 saturated heterocycles. The second-order valence-electron chi connectivity index (χ2n) is 5.11. The Labute approximate surface area is 119 Å². The smallest absolute Gasteiger partial charge is 0.128 e. The van der Waals surface area contributed by atoms with Gasteiger partial charge in [0.1, 0.15) is 5.82 Å². The highest BCUT2D eigenvalue weighted by Gasteiger charge is 2.17. The van der Waals surface area contributed by atoms with E-state index in [1.807, 2.05) is 30.7 Å². The predicted molar refractivity (Wildman–Crippen MR) is 79.3 cm³/mol. The molecule has 0 aliphatic carbocycles. The molecule has 1 unspecified atom stereocenters. The molecular weight excluding hydrogens is 253 g/mol. The van der Waals surface area contributed by atoms with Gasteiger partial charge >= 0.3 is 0 Å². The minimum atomic E-state index is -0.170. The Kier molecular flexibility index (Phi) is 4.55. The van der Waals surface area contributed by atoms with Crippen LogP contribution in [-0.2, 0) is 6.54 Å². The van der Waals surface area contributed by atoms with Gasteiger partial charge in [-0.25, -0.2) is 4.39 Å². The predicted octanol–water partition coefficient (Wildman–Crippen LogP) is 3.30. The standard InChI is InChI=1S/C16H22FN3/c1-5-18-16(14-8-6-7-9-15(14)17)10-20-13(4)11(2)12(3)19-20/h6-9,16,18H,5,10H2,1-4H3. The first-order chi connectivity index (χ1) is 9.54. The lowest BCUT2D eigenvalue weighted by Crippen LogP contribution is -2.27. The van der Waals surface area contributed by atoms with E-state index in [-0.39, 0.29) is 11.9 Å². The van der Waals surface area contributed by atoms with Gasteiger partial charge in [-0.15, -0.1) is 0 Å². The molecule has 1 N–H and O–H groups in total. The topological polar surface area (TPSA) is 29.9 Å². The molecule has 0 radical (unpaired) electrons. The van der Waals surface area contributed by atoms with Crippen LogP contribution in [0.25, 0.3) is 0 Å². The van der Waals surface area contributed by atoms with Gasteiger partial charge in [-0.05, 0) is 38.9 Å². The number of benzene rings is 1. The lowest BCUT2D eigenvalue weighted by molar-refractivity contribution is 0.425. The van der Waals surface area contributed by atoms with Gasteiger partial charge < -0.3 is 5.32 Å². The number of nitrogens with zero attached hydrogens (tertiary/aromatic N) is 2. The van der Waals surface area contributed by atoms with Gasteiger partial charge in [-0.2, -0.15) is 5.10 Å². The zero-order valence-corrected chi connectivity index (χ0v) is 12.6. The first kappa shape index (κ1) is 14.7. The number of hydrogen-bond donors (Lipinski definition) is 1. The molecule has 0 amide bonds. The fraction of sp³-hybridized carbons (Fsp3) is 0.438. The second kappa shape index (κ2) is 6.18. The quantitative estimate of drug-likeness (QED) is 0.907. The first-order valence-corrected chi connectivity index (χ1v) is 7.03. The van der Waals surface area contributed by atoms with Crippen molar-refractivity contribution in [1.29, 1.82) is 0 Å². The summed E-state index contributed by atoms with van der Waals surface area (Å²) in [6.07, 6.45) is 0. The number of rotatable bonds is 5. The Bertz CT molecular complexity index is 589. The van der Waals surface area contributed by atoms with Crippen LogP contribution < -0.4 is 5.32 Å². The van der Waals surface area contributed by atoms with Crippen molar-refractivity contribution < 1.29 is 4.39 Å². The van der Waals surface area contributed by atoms with E-state index < -0.39 is 0 Å². The number of aryl methyl sites for hydroxylation is 1. The summed E-state index contributed by atoms with van der Waals surface area (Å²) in [7, 11) is 0. The molecule has 108 valence electrons. The summed E-state index contributed by atoms with van der Waals surface area (Å²) < 4.78 is 15.9. The molecule has 1 aromatic carbocycles. The molecule has 0 fully saturated rings. The maximum Gasteiger partial charge on any atom is 0.128 e. The van der Waals surface area contributed by atoms with Crippen LogP contribution in [0.3, 0.4) is 0 Å². The van der Waals surface area contributed by atoms with Crippen molar-refractivity contribution in [3.05, 3.63) is 52.6 Å². The molecule has 20 heavy (non-hydrogen) atoms. The molecular formula is C16H22FN3. The minimum absolute atomic E-state index is 0.0707. The highest BCUT2D eigenvalue weighted by Crippen LogP contribution is 2.20. The van der Waals surface area contributed by atoms with E-state index in [9.17, 15) is 4.39 Å². The van der Waals surface area contributed by atoms with E-state index in [0.717, 1.165) is 17.9 Å². The van der Waals surface area contributed by atoms with Crippen molar-refractivity contribution in [2.45, 2.75) is 40.3 Å². The first-order valence-electron chi connectivity index (χ1n) is 7.03. The maximum atomic E-state index is 14.0. The maximum absolute atomic E-state index is 14.0. The molecule has 0 bridgehead atoms. The van der Waals surface area contributed by atoms with Crippen molar-refractivity contribution in [2.75, 3.05) is 6.54 Å². The highest BCUT2D eigenvalue weighted by atomic mass is 19.1. The van der Waals surface area contributed by atoms with Gasteiger partial charge in [0.25, 0.3) is 0 Å². The largest absolute Gasteiger partial charge is 0.309 e. The van der Waals surface area contributed by atoms with Crippen LogP contribution in [0.2, 0.25) is 0 Å². The van der Waals surface area contributed by atoms with Crippen molar-refractivity contribution in [3.8, 4) is 0 Å². The van der Waals surface area contributed by atoms with E-state index in [1.54, 1.807) is 6.07 Å². The zero-order valence-electron chi connectivity index (χ0n) is 12.6. The Morgan fingerprint density at radius 3 is 2.50 bits per heavy atom. The monoisotopic (exact) mass is 275 g/mol. The van der Waals surface area contributed by atoms with E-state index in [0.29, 0.717) is 12.1 Å². The summed E-state index contributed by atoms with van der Waals surface area (Å²) in [6.45, 7) is 9.58. The molecule has 2 aromatic rings. The molecule has 0 saturated carbocycles. The third-order valence-electron chi connectivity index (χ3n) is 3.83. The van der Waals surface area contributed by atoms with Gasteiger partial charge in [0, 0.05) is 11.3 Å². The van der Waals surface area contributed by atoms with E-state index in [1.165, 1.54) is 11.6 Å².